The van der Waals surface area contributed by atoms with Crippen LogP contribution < -0.4 is 0 Å². The largest absolute Gasteiger partial charge is 0.472 e. The van der Waals surface area contributed by atoms with E-state index in [0.717, 1.165) is 57.8 Å². The average molecular weight is 879 g/mol. The van der Waals surface area contributed by atoms with Gasteiger partial charge in [-0.15, -0.1) is 0 Å². The summed E-state index contributed by atoms with van der Waals surface area (Å²) in [5, 5.41) is 50.1. The van der Waals surface area contributed by atoms with Crippen LogP contribution in [0.15, 0.2) is 12.2 Å². The molecule has 0 aromatic heterocycles. The SMILES string of the molecule is CCCCCCCC/C=C\CCCCCCCC(=O)O[C@H](COC(=O)CCCCCCCCCCCCCCCCCC)COP(=O)(O)OC1C(O)C(O)C(O)[C@@H](O)C1O. The van der Waals surface area contributed by atoms with E-state index in [-0.39, 0.29) is 12.8 Å². The number of carbonyl (C=O) groups excluding carboxylic acids is 2. The number of carbonyl (C=O) groups is 2. The molecule has 0 saturated heterocycles. The lowest BCUT2D eigenvalue weighted by molar-refractivity contribution is -0.220. The molecule has 14 heteroatoms. The summed E-state index contributed by atoms with van der Waals surface area (Å²) in [6.07, 6.45) is 25.5. The van der Waals surface area contributed by atoms with Gasteiger partial charge in [-0.3, -0.25) is 18.6 Å². The maximum atomic E-state index is 12.8. The van der Waals surface area contributed by atoms with Crippen LogP contribution in [0.5, 0.6) is 0 Å². The molecular weight excluding hydrogens is 791 g/mol. The highest BCUT2D eigenvalue weighted by atomic mass is 31.2. The van der Waals surface area contributed by atoms with Crippen molar-refractivity contribution in [3.63, 3.8) is 0 Å². The molecule has 60 heavy (non-hydrogen) atoms. The van der Waals surface area contributed by atoms with Crippen LogP contribution >= 0.6 is 7.82 Å². The highest BCUT2D eigenvalue weighted by molar-refractivity contribution is 7.47. The van der Waals surface area contributed by atoms with Gasteiger partial charge in [0.2, 0.25) is 0 Å². The van der Waals surface area contributed by atoms with E-state index in [0.29, 0.717) is 12.8 Å². The third-order valence-electron chi connectivity index (χ3n) is 11.4. The van der Waals surface area contributed by atoms with Crippen molar-refractivity contribution in [2.75, 3.05) is 13.2 Å². The molecule has 354 valence electrons. The summed E-state index contributed by atoms with van der Waals surface area (Å²) < 4.78 is 33.5. The standard InChI is InChI=1S/C46H87O13P/c1-3-5-7-9-11-13-15-17-19-21-22-24-26-28-30-32-34-39(47)56-36-38(37-57-60(54,55)59-46-44(52)42(50)41(49)43(51)45(46)53)58-40(48)35-33-31-29-27-25-23-20-18-16-14-12-10-8-6-4-2/h18,20,38,41-46,49-53H,3-17,19,21-37H2,1-2H3,(H,54,55)/b20-18-/t38-,41?,42-,43?,44?,45?,46?/m1/s1. The number of hydrogen-bond acceptors (Lipinski definition) is 12. The van der Waals surface area contributed by atoms with Gasteiger partial charge >= 0.3 is 19.8 Å². The summed E-state index contributed by atoms with van der Waals surface area (Å²) in [4.78, 5) is 35.7. The number of hydrogen-bond donors (Lipinski definition) is 6. The van der Waals surface area contributed by atoms with Crippen LogP contribution in [0.25, 0.3) is 0 Å². The van der Waals surface area contributed by atoms with Gasteiger partial charge in [-0.25, -0.2) is 4.57 Å². The molecule has 1 saturated carbocycles. The summed E-state index contributed by atoms with van der Waals surface area (Å²) in [7, 11) is -5.11. The Bertz CT molecular complexity index is 1110. The molecule has 1 fully saturated rings. The molecular formula is C46H87O13P. The second kappa shape index (κ2) is 37.0. The van der Waals surface area contributed by atoms with Crippen LogP contribution in [0.4, 0.5) is 0 Å². The first-order chi connectivity index (χ1) is 28.9. The smallest absolute Gasteiger partial charge is 0.462 e. The van der Waals surface area contributed by atoms with Crippen molar-refractivity contribution >= 4 is 19.8 Å². The number of aliphatic hydroxyl groups is 5. The van der Waals surface area contributed by atoms with Gasteiger partial charge in [-0.1, -0.05) is 174 Å². The predicted molar refractivity (Wildman–Crippen MR) is 235 cm³/mol. The van der Waals surface area contributed by atoms with E-state index in [1.807, 2.05) is 0 Å². The highest BCUT2D eigenvalue weighted by Gasteiger charge is 2.51. The molecule has 0 aliphatic heterocycles. The topological polar surface area (TPSA) is 210 Å². The zero-order valence-corrected chi connectivity index (χ0v) is 38.4. The number of rotatable bonds is 40. The van der Waals surface area contributed by atoms with E-state index in [9.17, 15) is 44.6 Å². The lowest BCUT2D eigenvalue weighted by atomic mass is 9.85. The fourth-order valence-electron chi connectivity index (χ4n) is 7.46. The van der Waals surface area contributed by atoms with Crippen molar-refractivity contribution in [1.29, 1.82) is 0 Å². The molecule has 0 aromatic carbocycles. The summed E-state index contributed by atoms with van der Waals surface area (Å²) in [5.74, 6) is -1.10. The molecule has 0 aromatic rings. The van der Waals surface area contributed by atoms with E-state index >= 15 is 0 Å². The molecule has 1 aliphatic carbocycles. The lowest BCUT2D eigenvalue weighted by Gasteiger charge is -2.41. The Hall–Kier alpha value is -1.41. The minimum absolute atomic E-state index is 0.0909. The van der Waals surface area contributed by atoms with Gasteiger partial charge in [-0.05, 0) is 38.5 Å². The van der Waals surface area contributed by atoms with Crippen molar-refractivity contribution in [2.45, 2.75) is 256 Å². The van der Waals surface area contributed by atoms with Crippen LogP contribution in [0.2, 0.25) is 0 Å². The first kappa shape index (κ1) is 56.6. The van der Waals surface area contributed by atoms with Gasteiger partial charge in [0.05, 0.1) is 6.61 Å². The van der Waals surface area contributed by atoms with Gasteiger partial charge in [0.15, 0.2) is 6.10 Å². The van der Waals surface area contributed by atoms with Gasteiger partial charge in [0.25, 0.3) is 0 Å². The number of allylic oxidation sites excluding steroid dienone is 2. The highest BCUT2D eigenvalue weighted by Crippen LogP contribution is 2.47. The number of phosphoric ester groups is 1. The molecule has 0 heterocycles. The summed E-state index contributed by atoms with van der Waals surface area (Å²) in [5.41, 5.74) is 0. The minimum Gasteiger partial charge on any atom is -0.462 e. The van der Waals surface area contributed by atoms with Gasteiger partial charge in [-0.2, -0.15) is 0 Å². The summed E-state index contributed by atoms with van der Waals surface area (Å²) >= 11 is 0. The molecule has 6 unspecified atom stereocenters. The third-order valence-corrected chi connectivity index (χ3v) is 12.3. The second-order valence-electron chi connectivity index (χ2n) is 17.0. The summed E-state index contributed by atoms with van der Waals surface area (Å²) in [6.45, 7) is 3.31. The van der Waals surface area contributed by atoms with Crippen LogP contribution in [0.3, 0.4) is 0 Å². The van der Waals surface area contributed by atoms with Crippen LogP contribution in [0.1, 0.15) is 213 Å². The van der Waals surface area contributed by atoms with Gasteiger partial charge < -0.3 is 39.9 Å². The average Bonchev–Trinajstić information content (AvgIpc) is 3.23. The number of ether oxygens (including phenoxy) is 2. The molecule has 0 radical (unpaired) electrons. The van der Waals surface area contributed by atoms with E-state index in [4.69, 9.17) is 18.5 Å². The van der Waals surface area contributed by atoms with Crippen molar-refractivity contribution in [2.24, 2.45) is 0 Å². The zero-order valence-electron chi connectivity index (χ0n) is 37.5. The molecule has 1 rings (SSSR count). The first-order valence-corrected chi connectivity index (χ1v) is 25.5. The second-order valence-corrected chi connectivity index (χ2v) is 18.4. The molecule has 1 aliphatic rings. The van der Waals surface area contributed by atoms with Crippen molar-refractivity contribution in [3.05, 3.63) is 12.2 Å². The number of phosphoric acid groups is 1. The Balaban J connectivity index is 2.44. The lowest BCUT2D eigenvalue weighted by Crippen LogP contribution is -2.64. The molecule has 0 spiro atoms. The van der Waals surface area contributed by atoms with Gasteiger partial charge in [0, 0.05) is 12.8 Å². The van der Waals surface area contributed by atoms with Crippen molar-refractivity contribution in [3.8, 4) is 0 Å². The maximum absolute atomic E-state index is 12.8. The van der Waals surface area contributed by atoms with E-state index in [1.54, 1.807) is 0 Å². The van der Waals surface area contributed by atoms with Crippen molar-refractivity contribution < 1.29 is 63.1 Å². The molecule has 6 N–H and O–H groups in total. The van der Waals surface area contributed by atoms with Crippen LogP contribution in [-0.2, 0) is 32.7 Å². The third kappa shape index (κ3) is 29.0. The van der Waals surface area contributed by atoms with E-state index in [1.165, 1.54) is 116 Å². The number of aliphatic hydroxyl groups excluding tert-OH is 5. The summed E-state index contributed by atoms with van der Waals surface area (Å²) in [6, 6.07) is 0. The molecule has 0 amide bonds. The predicted octanol–water partition coefficient (Wildman–Crippen LogP) is 9.45. The number of esters is 2. The zero-order chi connectivity index (χ0) is 44.3. The number of unbranched alkanes of at least 4 members (excludes halogenated alkanes) is 26. The quantitative estimate of drug-likeness (QED) is 0.0147. The van der Waals surface area contributed by atoms with E-state index in [2.05, 4.69) is 26.0 Å². The van der Waals surface area contributed by atoms with Crippen LogP contribution in [0, 0.1) is 0 Å². The monoisotopic (exact) mass is 879 g/mol. The Morgan fingerprint density at radius 1 is 0.500 bits per heavy atom. The normalized spacial score (nSPS) is 22.2. The van der Waals surface area contributed by atoms with Crippen LogP contribution in [-0.4, -0.2) is 98.3 Å². The fraction of sp³-hybridized carbons (Fsp3) is 0.913. The molecule has 8 atom stereocenters. The Morgan fingerprint density at radius 3 is 1.27 bits per heavy atom. The van der Waals surface area contributed by atoms with Gasteiger partial charge in [0.1, 0.15) is 43.2 Å². The fourth-order valence-corrected chi connectivity index (χ4v) is 8.43. The van der Waals surface area contributed by atoms with Crippen molar-refractivity contribution in [1.82, 2.24) is 0 Å². The minimum atomic E-state index is -5.11. The Labute approximate surface area is 363 Å². The molecule has 0 bridgehead atoms. The Morgan fingerprint density at radius 2 is 0.850 bits per heavy atom. The molecule has 13 nitrogen and oxygen atoms in total. The first-order valence-electron chi connectivity index (χ1n) is 24.0. The van der Waals surface area contributed by atoms with E-state index < -0.39 is 75.7 Å². The Kier molecular flexibility index (Phi) is 34.9. The maximum Gasteiger partial charge on any atom is 0.472 e.